The van der Waals surface area contributed by atoms with Crippen LogP contribution in [0.4, 0.5) is 0 Å². The van der Waals surface area contributed by atoms with Crippen LogP contribution in [0.25, 0.3) is 0 Å². The van der Waals surface area contributed by atoms with Crippen LogP contribution in [0.5, 0.6) is 23.0 Å². The van der Waals surface area contributed by atoms with Crippen molar-refractivity contribution in [3.05, 3.63) is 48.5 Å². The van der Waals surface area contributed by atoms with Gasteiger partial charge in [-0.1, -0.05) is 144 Å². The fourth-order valence-electron chi connectivity index (χ4n) is 6.79. The third-order valence-corrected chi connectivity index (χ3v) is 11.2. The number of para-hydroxylation sites is 4. The third kappa shape index (κ3) is 44.1. The van der Waals surface area contributed by atoms with Crippen LogP contribution in [0.15, 0.2) is 48.5 Å². The summed E-state index contributed by atoms with van der Waals surface area (Å²) in [6, 6.07) is 12.3. The first-order valence-electron chi connectivity index (χ1n) is 24.8. The summed E-state index contributed by atoms with van der Waals surface area (Å²) in [6.45, 7) is 33.1. The van der Waals surface area contributed by atoms with Crippen LogP contribution in [0.2, 0.25) is 0 Å². The maximum Gasteiger partial charge on any atom is 0.157 e. The van der Waals surface area contributed by atoms with Crippen LogP contribution in [-0.4, -0.2) is 121 Å². The van der Waals surface area contributed by atoms with E-state index >= 15 is 0 Å². The van der Waals surface area contributed by atoms with Crippen molar-refractivity contribution in [2.45, 2.75) is 178 Å². The molecule has 11 heteroatoms. The molecule has 4 N–H and O–H groups in total. The highest BCUT2D eigenvalue weighted by molar-refractivity contribution is 6.24. The van der Waals surface area contributed by atoms with E-state index in [-0.39, 0.29) is 23.0 Å². The minimum absolute atomic E-state index is 0.0764. The molecule has 2 rings (SSSR count). The Balaban J connectivity index is -0.000000337. The Bertz CT molecular complexity index is 983. The third-order valence-electron chi connectivity index (χ3n) is 11.2. The number of hydrogen-bond acceptors (Lipinski definition) is 7. The predicted octanol–water partition coefficient (Wildman–Crippen LogP) is 9.75. The molecule has 0 bridgehead atoms. The second-order valence-electron chi connectivity index (χ2n) is 17.8. The van der Waals surface area contributed by atoms with Crippen molar-refractivity contribution in [1.82, 2.24) is 0 Å². The number of nitrogens with zero attached hydrogens (tertiary/aromatic N) is 3. The lowest BCUT2D eigenvalue weighted by Crippen LogP contribution is -2.56. The number of phenolic OH excluding ortho intramolecular Hbond substituents is 4. The van der Waals surface area contributed by atoms with E-state index in [9.17, 15) is 0 Å². The molecule has 366 valence electrons. The Hall–Kier alpha value is -2.54. The molecular weight excluding hydrogens is 777 g/mol. The number of rotatable bonds is 27. The molecule has 2 aromatic carbocycles. The molecule has 0 aliphatic rings. The Morgan fingerprint density at radius 2 is 0.435 bits per heavy atom. The monoisotopic (exact) mass is 880 g/mol. The summed E-state index contributed by atoms with van der Waals surface area (Å²) in [7, 11) is 4.42. The number of benzene rings is 2. The highest BCUT2D eigenvalue weighted by Gasteiger charge is 2.20. The van der Waals surface area contributed by atoms with Gasteiger partial charge in [-0.15, -0.1) is 0 Å². The van der Waals surface area contributed by atoms with Crippen molar-refractivity contribution < 1.29 is 48.9 Å². The summed E-state index contributed by atoms with van der Waals surface area (Å²) in [5.41, 5.74) is 0. The fourth-order valence-corrected chi connectivity index (χ4v) is 6.79. The molecule has 0 aliphatic carbocycles. The van der Waals surface area contributed by atoms with E-state index in [4.69, 9.17) is 35.5 Å². The normalized spacial score (nSPS) is 10.9. The maximum atomic E-state index is 8.67. The number of phenols is 4. The van der Waals surface area contributed by atoms with E-state index in [1.807, 2.05) is 0 Å². The highest BCUT2D eigenvalue weighted by Crippen LogP contribution is 2.22. The summed E-state index contributed by atoms with van der Waals surface area (Å²) < 4.78 is 3.94. The lowest BCUT2D eigenvalue weighted by atomic mass is 10.2. The summed E-state index contributed by atoms with van der Waals surface area (Å²) >= 11 is 0. The first kappa shape index (κ1) is 66.1. The van der Waals surface area contributed by atoms with Crippen molar-refractivity contribution in [3.8, 4) is 23.0 Å². The molecule has 2 aromatic rings. The predicted molar refractivity (Wildman–Crippen MR) is 262 cm³/mol. The lowest BCUT2D eigenvalue weighted by molar-refractivity contribution is -0.910. The van der Waals surface area contributed by atoms with E-state index in [0.717, 1.165) is 0 Å². The van der Waals surface area contributed by atoms with E-state index in [0.29, 0.717) is 0 Å². The van der Waals surface area contributed by atoms with Gasteiger partial charge in [-0.25, -0.2) is 0 Å². The van der Waals surface area contributed by atoms with Gasteiger partial charge in [0.15, 0.2) is 23.0 Å². The van der Waals surface area contributed by atoms with Crippen molar-refractivity contribution in [2.75, 3.05) is 80.0 Å². The molecule has 0 saturated carbocycles. The Morgan fingerprint density at radius 3 is 0.516 bits per heavy atom. The van der Waals surface area contributed by atoms with Gasteiger partial charge in [0.2, 0.25) is 0 Å². The Kier molecular flexibility index (Phi) is 48.0. The van der Waals surface area contributed by atoms with Crippen LogP contribution in [0.1, 0.15) is 178 Å². The molecule has 0 amide bonds. The van der Waals surface area contributed by atoms with Crippen molar-refractivity contribution in [3.63, 3.8) is 0 Å². The van der Waals surface area contributed by atoms with E-state index in [1.54, 1.807) is 24.3 Å². The van der Waals surface area contributed by atoms with Gasteiger partial charge in [-0.2, -0.15) is 0 Å². The molecular formula is C51H102BN3O7. The number of hydrogen-bond donors (Lipinski definition) is 4. The van der Waals surface area contributed by atoms with Gasteiger partial charge in [0, 0.05) is 0 Å². The fraction of sp³-hybridized carbons (Fsp3) is 0.765. The van der Waals surface area contributed by atoms with Gasteiger partial charge < -0.3 is 48.9 Å². The minimum atomic E-state index is -2.92. The average Bonchev–Trinajstić information content (AvgIpc) is 3.25. The molecule has 0 aromatic heterocycles. The zero-order valence-corrected chi connectivity index (χ0v) is 42.6. The minimum Gasteiger partial charge on any atom is -0.907 e. The first-order chi connectivity index (χ1) is 29.4. The first-order valence-corrected chi connectivity index (χ1v) is 24.8. The molecule has 0 fully saturated rings. The van der Waals surface area contributed by atoms with Crippen molar-refractivity contribution >= 4 is 7.32 Å². The molecule has 0 heterocycles. The number of quaternary nitrogens is 3. The van der Waals surface area contributed by atoms with E-state index < -0.39 is 7.32 Å². The zero-order valence-electron chi connectivity index (χ0n) is 42.6. The average molecular weight is 880 g/mol. The summed E-state index contributed by atoms with van der Waals surface area (Å²) in [6.07, 6.45) is 24.6. The Morgan fingerprint density at radius 1 is 0.323 bits per heavy atom. The molecule has 0 saturated heterocycles. The highest BCUT2D eigenvalue weighted by atomic mass is 16.5. The van der Waals surface area contributed by atoms with Gasteiger partial charge in [-0.05, 0) is 82.1 Å². The molecule has 10 nitrogen and oxygen atoms in total. The largest absolute Gasteiger partial charge is 0.907 e. The topological polar surface area (TPSA) is 150 Å². The molecule has 62 heavy (non-hydrogen) atoms. The summed E-state index contributed by atoms with van der Waals surface area (Å²) in [5.74, 6) is -0.306. The van der Waals surface area contributed by atoms with Crippen molar-refractivity contribution in [1.29, 1.82) is 0 Å². The van der Waals surface area contributed by atoms with Crippen LogP contribution in [-0.2, 0) is 0 Å². The van der Waals surface area contributed by atoms with E-state index in [1.165, 1.54) is 212 Å². The standard InChI is InChI=1S/3C13H30N.2C6H6O2.BO3/c3*1-5-8-11-14(4,12-9-6-2)13-10-7-3;2*7-5-3-1-2-4-6(5)8;2-1(3)4/h3*5-13H2,1-4H3;2*1-4,7-8H;/q3*+1;;;-3. The molecule has 0 aliphatic heterocycles. The Labute approximate surface area is 384 Å². The van der Waals surface area contributed by atoms with Crippen LogP contribution in [0, 0.1) is 0 Å². The molecule has 0 spiro atoms. The molecule has 0 atom stereocenters. The van der Waals surface area contributed by atoms with Crippen LogP contribution >= 0.6 is 0 Å². The summed E-state index contributed by atoms with van der Waals surface area (Å²) in [5, 5.41) is 59.9. The van der Waals surface area contributed by atoms with Crippen molar-refractivity contribution in [2.24, 2.45) is 0 Å². The zero-order chi connectivity index (χ0) is 48.1. The van der Waals surface area contributed by atoms with Gasteiger partial charge in [0.05, 0.1) is 80.0 Å². The smallest absolute Gasteiger partial charge is 0.157 e. The molecule has 0 unspecified atom stereocenters. The number of aromatic hydroxyl groups is 4. The van der Waals surface area contributed by atoms with Gasteiger partial charge in [0.1, 0.15) is 0 Å². The van der Waals surface area contributed by atoms with E-state index in [2.05, 4.69) is 83.5 Å². The van der Waals surface area contributed by atoms with Gasteiger partial charge >= 0.3 is 0 Å². The van der Waals surface area contributed by atoms with Gasteiger partial charge in [0.25, 0.3) is 0 Å². The maximum absolute atomic E-state index is 8.67. The second-order valence-corrected chi connectivity index (χ2v) is 17.8. The quantitative estimate of drug-likeness (QED) is 0.0397. The van der Waals surface area contributed by atoms with Crippen LogP contribution in [0.3, 0.4) is 0 Å². The SMILES string of the molecule is CCCC[N+](C)(CCCC)CCCC.CCCC[N+](C)(CCCC)CCCC.CCCC[N+](C)(CCCC)CCCC.Oc1ccccc1O.Oc1ccccc1O.[O-]B([O-])[O-]. The number of unbranched alkanes of at least 4 members (excludes halogenated alkanes) is 9. The van der Waals surface area contributed by atoms with Gasteiger partial charge in [-0.3, -0.25) is 7.32 Å². The second kappa shape index (κ2) is 45.0. The lowest BCUT2D eigenvalue weighted by Gasteiger charge is -2.35. The summed E-state index contributed by atoms with van der Waals surface area (Å²) in [4.78, 5) is 0. The molecule has 0 radical (unpaired) electrons. The van der Waals surface area contributed by atoms with Crippen LogP contribution < -0.4 is 15.1 Å².